The van der Waals surface area contributed by atoms with Crippen molar-refractivity contribution in [2.45, 2.75) is 13.5 Å². The van der Waals surface area contributed by atoms with Gasteiger partial charge in [0.2, 0.25) is 5.89 Å². The maximum atomic E-state index is 10.8. The van der Waals surface area contributed by atoms with E-state index in [0.29, 0.717) is 19.0 Å². The number of hydrogen-bond donors (Lipinski definition) is 1. The fourth-order valence-electron chi connectivity index (χ4n) is 1.83. The standard InChI is InChI=1S/C13H16N2O3/c1-9(13(16)17)7-15(2)8-12-14-10-5-3-4-6-11(10)18-12/h3-6,9H,7-8H2,1-2H3,(H,16,17). The number of hydrogen-bond acceptors (Lipinski definition) is 4. The molecule has 0 spiro atoms. The van der Waals surface area contributed by atoms with Crippen LogP contribution in [0.25, 0.3) is 11.1 Å². The summed E-state index contributed by atoms with van der Waals surface area (Å²) < 4.78 is 5.58. The highest BCUT2D eigenvalue weighted by Gasteiger charge is 2.15. The first-order valence-electron chi connectivity index (χ1n) is 5.82. The first-order valence-corrected chi connectivity index (χ1v) is 5.82. The number of fused-ring (bicyclic) bond motifs is 1. The van der Waals surface area contributed by atoms with Gasteiger partial charge in [-0.2, -0.15) is 0 Å². The molecule has 1 N–H and O–H groups in total. The molecule has 96 valence electrons. The molecule has 18 heavy (non-hydrogen) atoms. The number of aliphatic carboxylic acids is 1. The van der Waals surface area contributed by atoms with E-state index in [2.05, 4.69) is 4.98 Å². The van der Waals surface area contributed by atoms with Crippen molar-refractivity contribution < 1.29 is 14.3 Å². The second-order valence-corrected chi connectivity index (χ2v) is 4.51. The van der Waals surface area contributed by atoms with E-state index in [1.807, 2.05) is 36.2 Å². The summed E-state index contributed by atoms with van der Waals surface area (Å²) in [5, 5.41) is 8.85. The van der Waals surface area contributed by atoms with Gasteiger partial charge in [-0.1, -0.05) is 19.1 Å². The van der Waals surface area contributed by atoms with Crippen LogP contribution in [0.2, 0.25) is 0 Å². The average molecular weight is 248 g/mol. The summed E-state index contributed by atoms with van der Waals surface area (Å²) in [5.74, 6) is -0.588. The monoisotopic (exact) mass is 248 g/mol. The number of carbonyl (C=O) groups is 1. The Morgan fingerprint density at radius 3 is 2.89 bits per heavy atom. The number of aromatic nitrogens is 1. The smallest absolute Gasteiger partial charge is 0.307 e. The molecule has 0 saturated carbocycles. The first kappa shape index (κ1) is 12.6. The van der Waals surface area contributed by atoms with Crippen LogP contribution < -0.4 is 0 Å². The third-order valence-corrected chi connectivity index (χ3v) is 2.75. The molecule has 5 heteroatoms. The SMILES string of the molecule is CC(CN(C)Cc1nc2ccccc2o1)C(=O)O. The molecule has 0 amide bonds. The van der Waals surface area contributed by atoms with Gasteiger partial charge in [0.15, 0.2) is 5.58 Å². The third kappa shape index (κ3) is 2.87. The lowest BCUT2D eigenvalue weighted by Gasteiger charge is -2.16. The number of benzene rings is 1. The van der Waals surface area contributed by atoms with Gasteiger partial charge < -0.3 is 9.52 Å². The first-order chi connectivity index (χ1) is 8.56. The van der Waals surface area contributed by atoms with Crippen LogP contribution in [0.15, 0.2) is 28.7 Å². The Morgan fingerprint density at radius 2 is 2.22 bits per heavy atom. The normalized spacial score (nSPS) is 13.1. The zero-order valence-electron chi connectivity index (χ0n) is 10.5. The Hall–Kier alpha value is -1.88. The van der Waals surface area contributed by atoms with Crippen LogP contribution in [0.1, 0.15) is 12.8 Å². The maximum Gasteiger partial charge on any atom is 0.307 e. The van der Waals surface area contributed by atoms with Gasteiger partial charge in [-0.15, -0.1) is 0 Å². The van der Waals surface area contributed by atoms with Crippen LogP contribution >= 0.6 is 0 Å². The number of rotatable bonds is 5. The summed E-state index contributed by atoms with van der Waals surface area (Å²) in [5.41, 5.74) is 1.58. The van der Waals surface area contributed by atoms with E-state index < -0.39 is 11.9 Å². The van der Waals surface area contributed by atoms with Gasteiger partial charge >= 0.3 is 5.97 Å². The van der Waals surface area contributed by atoms with Gasteiger partial charge in [-0.3, -0.25) is 9.69 Å². The molecule has 0 aliphatic carbocycles. The molecule has 2 aromatic rings. The number of carboxylic acid groups (broad SMARTS) is 1. The summed E-state index contributed by atoms with van der Waals surface area (Å²) in [6.07, 6.45) is 0. The summed E-state index contributed by atoms with van der Waals surface area (Å²) >= 11 is 0. The van der Waals surface area contributed by atoms with Gasteiger partial charge in [0.25, 0.3) is 0 Å². The van der Waals surface area contributed by atoms with Crippen LogP contribution in [0.5, 0.6) is 0 Å². The number of oxazole rings is 1. The molecule has 1 atom stereocenters. The molecule has 0 bridgehead atoms. The van der Waals surface area contributed by atoms with Crippen LogP contribution in [0.3, 0.4) is 0 Å². The second-order valence-electron chi connectivity index (χ2n) is 4.51. The Bertz CT molecular complexity index is 517. The molecule has 5 nitrogen and oxygen atoms in total. The summed E-state index contributed by atoms with van der Waals surface area (Å²) in [7, 11) is 1.86. The number of para-hydroxylation sites is 2. The summed E-state index contributed by atoms with van der Waals surface area (Å²) in [6.45, 7) is 2.66. The lowest BCUT2D eigenvalue weighted by atomic mass is 10.2. The molecule has 0 fully saturated rings. The fraction of sp³-hybridized carbons (Fsp3) is 0.385. The topological polar surface area (TPSA) is 66.6 Å². The fourth-order valence-corrected chi connectivity index (χ4v) is 1.83. The van der Waals surface area contributed by atoms with E-state index in [4.69, 9.17) is 9.52 Å². The second kappa shape index (κ2) is 5.18. The highest BCUT2D eigenvalue weighted by molar-refractivity contribution is 5.72. The van der Waals surface area contributed by atoms with Crippen molar-refractivity contribution in [2.24, 2.45) is 5.92 Å². The van der Waals surface area contributed by atoms with E-state index >= 15 is 0 Å². The van der Waals surface area contributed by atoms with E-state index in [-0.39, 0.29) is 0 Å². The van der Waals surface area contributed by atoms with E-state index in [9.17, 15) is 4.79 Å². The van der Waals surface area contributed by atoms with E-state index in [1.165, 1.54) is 0 Å². The Kier molecular flexibility index (Phi) is 3.62. The van der Waals surface area contributed by atoms with Gasteiger partial charge in [0, 0.05) is 6.54 Å². The molecule has 1 heterocycles. The van der Waals surface area contributed by atoms with E-state index in [0.717, 1.165) is 11.1 Å². The predicted octanol–water partition coefficient (Wildman–Crippen LogP) is 1.98. The van der Waals surface area contributed by atoms with Gasteiger partial charge in [-0.25, -0.2) is 4.98 Å². The van der Waals surface area contributed by atoms with Crippen LogP contribution in [0.4, 0.5) is 0 Å². The molecule has 1 aromatic heterocycles. The van der Waals surface area contributed by atoms with E-state index in [1.54, 1.807) is 6.92 Å². The highest BCUT2D eigenvalue weighted by Crippen LogP contribution is 2.15. The lowest BCUT2D eigenvalue weighted by molar-refractivity contribution is -0.141. The van der Waals surface area contributed by atoms with Crippen molar-refractivity contribution in [2.75, 3.05) is 13.6 Å². The predicted molar refractivity (Wildman–Crippen MR) is 67.1 cm³/mol. The number of carboxylic acids is 1. The molecule has 2 rings (SSSR count). The Balaban J connectivity index is 2.02. The van der Waals surface area contributed by atoms with Crippen molar-refractivity contribution >= 4 is 17.1 Å². The molecular weight excluding hydrogens is 232 g/mol. The maximum absolute atomic E-state index is 10.8. The minimum atomic E-state index is -0.792. The van der Waals surface area contributed by atoms with Crippen LogP contribution in [-0.4, -0.2) is 34.6 Å². The zero-order chi connectivity index (χ0) is 13.1. The molecule has 0 saturated heterocycles. The number of nitrogens with zero attached hydrogens (tertiary/aromatic N) is 2. The minimum absolute atomic E-state index is 0.403. The molecule has 0 aliphatic heterocycles. The largest absolute Gasteiger partial charge is 0.481 e. The molecule has 0 aliphatic rings. The van der Waals surface area contributed by atoms with Crippen LogP contribution in [0, 0.1) is 5.92 Å². The zero-order valence-corrected chi connectivity index (χ0v) is 10.5. The lowest BCUT2D eigenvalue weighted by Crippen LogP contribution is -2.28. The van der Waals surface area contributed by atoms with Gasteiger partial charge in [-0.05, 0) is 19.2 Å². The highest BCUT2D eigenvalue weighted by atomic mass is 16.4. The Morgan fingerprint density at radius 1 is 1.50 bits per heavy atom. The molecular formula is C13H16N2O3. The summed E-state index contributed by atoms with van der Waals surface area (Å²) in [4.78, 5) is 17.0. The van der Waals surface area contributed by atoms with Crippen molar-refractivity contribution in [1.82, 2.24) is 9.88 Å². The van der Waals surface area contributed by atoms with Crippen molar-refractivity contribution in [1.29, 1.82) is 0 Å². The Labute approximate surface area is 105 Å². The van der Waals surface area contributed by atoms with Gasteiger partial charge in [0.05, 0.1) is 12.5 Å². The minimum Gasteiger partial charge on any atom is -0.481 e. The summed E-state index contributed by atoms with van der Waals surface area (Å²) in [6, 6.07) is 7.56. The quantitative estimate of drug-likeness (QED) is 0.876. The molecule has 1 unspecified atom stereocenters. The van der Waals surface area contributed by atoms with Crippen molar-refractivity contribution in [3.05, 3.63) is 30.2 Å². The van der Waals surface area contributed by atoms with Crippen LogP contribution in [-0.2, 0) is 11.3 Å². The molecule has 0 radical (unpaired) electrons. The molecule has 1 aromatic carbocycles. The van der Waals surface area contributed by atoms with Crippen molar-refractivity contribution in [3.8, 4) is 0 Å². The van der Waals surface area contributed by atoms with Gasteiger partial charge in [0.1, 0.15) is 5.52 Å². The van der Waals surface area contributed by atoms with Crippen molar-refractivity contribution in [3.63, 3.8) is 0 Å². The third-order valence-electron chi connectivity index (χ3n) is 2.75. The average Bonchev–Trinajstić information content (AvgIpc) is 2.70.